The third kappa shape index (κ3) is 6.88. The smallest absolute Gasteiger partial charge is 0.254 e. The molecule has 2 atom stereocenters. The van der Waals surface area contributed by atoms with Gasteiger partial charge in [0.1, 0.15) is 0 Å². The Morgan fingerprint density at radius 3 is 2.70 bits per heavy atom. The summed E-state index contributed by atoms with van der Waals surface area (Å²) in [4.78, 5) is 17.0. The number of benzene rings is 1. The van der Waals surface area contributed by atoms with Crippen LogP contribution in [0.4, 0.5) is 0 Å². The van der Waals surface area contributed by atoms with Crippen molar-refractivity contribution in [3.8, 4) is 0 Å². The molecule has 1 aliphatic heterocycles. The fourth-order valence-electron chi connectivity index (χ4n) is 3.13. The average molecular weight is 379 g/mol. The van der Waals surface area contributed by atoms with Gasteiger partial charge in [0.05, 0.1) is 25.4 Å². The zero-order valence-corrected chi connectivity index (χ0v) is 17.1. The van der Waals surface area contributed by atoms with Gasteiger partial charge < -0.3 is 19.5 Å². The molecule has 0 bridgehead atoms. The molecule has 0 spiro atoms. The minimum atomic E-state index is -0.345. The van der Waals surface area contributed by atoms with Gasteiger partial charge in [0.2, 0.25) is 0 Å². The number of rotatable bonds is 9. The molecule has 6 heteroatoms. The van der Waals surface area contributed by atoms with Gasteiger partial charge in [0.15, 0.2) is 0 Å². The van der Waals surface area contributed by atoms with Crippen molar-refractivity contribution >= 4 is 5.91 Å². The first-order valence-electron chi connectivity index (χ1n) is 9.77. The second-order valence-corrected chi connectivity index (χ2v) is 7.67. The van der Waals surface area contributed by atoms with Crippen molar-refractivity contribution in [2.45, 2.75) is 33.0 Å². The fourth-order valence-corrected chi connectivity index (χ4v) is 3.13. The van der Waals surface area contributed by atoms with Crippen LogP contribution in [0.15, 0.2) is 24.3 Å². The number of β-amino-alcohol motifs (C(OH)–C–C–N with tert-alkyl or cyclic N) is 1. The van der Waals surface area contributed by atoms with E-state index < -0.39 is 0 Å². The lowest BCUT2D eigenvalue weighted by Crippen LogP contribution is -2.51. The van der Waals surface area contributed by atoms with Crippen LogP contribution in [0.25, 0.3) is 0 Å². The SMILES string of the molecule is COCCN(C[C@@H]1CN(C[C@@H](O)C(C)C)CCO1)C(=O)c1ccc(C)cc1. The molecule has 1 N–H and O–H groups in total. The van der Waals surface area contributed by atoms with Crippen molar-refractivity contribution in [1.82, 2.24) is 9.80 Å². The number of nitrogens with zero attached hydrogens (tertiary/aromatic N) is 2. The standard InChI is InChI=1S/C21H34N2O4/c1-16(2)20(24)15-22-9-12-27-19(13-22)14-23(10-11-26-4)21(25)18-7-5-17(3)6-8-18/h5-8,16,19-20,24H,9-15H2,1-4H3/t19-,20+/m0/s1. The first kappa shape index (κ1) is 21.8. The van der Waals surface area contributed by atoms with Gasteiger partial charge in [-0.15, -0.1) is 0 Å². The van der Waals surface area contributed by atoms with Crippen LogP contribution in [0.1, 0.15) is 29.8 Å². The van der Waals surface area contributed by atoms with Gasteiger partial charge in [-0.1, -0.05) is 31.5 Å². The van der Waals surface area contributed by atoms with Crippen molar-refractivity contribution in [3.05, 3.63) is 35.4 Å². The minimum Gasteiger partial charge on any atom is -0.392 e. The van der Waals surface area contributed by atoms with Crippen LogP contribution in [-0.4, -0.2) is 86.1 Å². The number of carbonyl (C=O) groups is 1. The summed E-state index contributed by atoms with van der Waals surface area (Å²) in [7, 11) is 1.64. The maximum absolute atomic E-state index is 12.9. The Bertz CT molecular complexity index is 576. The monoisotopic (exact) mass is 378 g/mol. The molecule has 27 heavy (non-hydrogen) atoms. The highest BCUT2D eigenvalue weighted by Crippen LogP contribution is 2.13. The number of morpholine rings is 1. The zero-order valence-electron chi connectivity index (χ0n) is 17.1. The molecule has 1 fully saturated rings. The largest absolute Gasteiger partial charge is 0.392 e. The van der Waals surface area contributed by atoms with E-state index in [9.17, 15) is 9.90 Å². The lowest BCUT2D eigenvalue weighted by molar-refractivity contribution is -0.0551. The molecule has 0 aromatic heterocycles. The molecule has 6 nitrogen and oxygen atoms in total. The summed E-state index contributed by atoms with van der Waals surface area (Å²) >= 11 is 0. The Labute approximate surface area is 163 Å². The molecule has 1 aliphatic rings. The minimum absolute atomic E-state index is 0.00464. The van der Waals surface area contributed by atoms with Crippen molar-refractivity contribution in [2.75, 3.05) is 53.0 Å². The number of carbonyl (C=O) groups excluding carboxylic acids is 1. The molecule has 1 heterocycles. The Hall–Kier alpha value is -1.47. The van der Waals surface area contributed by atoms with E-state index in [4.69, 9.17) is 9.47 Å². The van der Waals surface area contributed by atoms with Crippen LogP contribution >= 0.6 is 0 Å². The summed E-state index contributed by atoms with van der Waals surface area (Å²) in [5.74, 6) is 0.225. The summed E-state index contributed by atoms with van der Waals surface area (Å²) in [6.07, 6.45) is -0.410. The fraction of sp³-hybridized carbons (Fsp3) is 0.667. The van der Waals surface area contributed by atoms with E-state index in [0.717, 1.165) is 12.1 Å². The third-order valence-electron chi connectivity index (χ3n) is 5.01. The van der Waals surface area contributed by atoms with Crippen molar-refractivity contribution in [2.24, 2.45) is 5.92 Å². The van der Waals surface area contributed by atoms with Gasteiger partial charge >= 0.3 is 0 Å². The molecule has 0 saturated carbocycles. The Kier molecular flexibility index (Phi) is 8.70. The van der Waals surface area contributed by atoms with Gasteiger partial charge in [0.25, 0.3) is 5.91 Å². The van der Waals surface area contributed by atoms with Gasteiger partial charge in [-0.05, 0) is 25.0 Å². The molecular formula is C21H34N2O4. The molecule has 0 radical (unpaired) electrons. The van der Waals surface area contributed by atoms with Crippen LogP contribution in [0.3, 0.4) is 0 Å². The van der Waals surface area contributed by atoms with E-state index >= 15 is 0 Å². The van der Waals surface area contributed by atoms with E-state index in [1.165, 1.54) is 0 Å². The van der Waals surface area contributed by atoms with Gasteiger partial charge in [0, 0.05) is 45.4 Å². The molecule has 2 rings (SSSR count). The Morgan fingerprint density at radius 1 is 1.37 bits per heavy atom. The first-order valence-corrected chi connectivity index (χ1v) is 9.77. The van der Waals surface area contributed by atoms with Crippen LogP contribution < -0.4 is 0 Å². The first-order chi connectivity index (χ1) is 12.9. The van der Waals surface area contributed by atoms with Crippen LogP contribution in [0.5, 0.6) is 0 Å². The van der Waals surface area contributed by atoms with Crippen LogP contribution in [0, 0.1) is 12.8 Å². The molecule has 0 unspecified atom stereocenters. The maximum Gasteiger partial charge on any atom is 0.254 e. The van der Waals surface area contributed by atoms with Crippen molar-refractivity contribution in [3.63, 3.8) is 0 Å². The molecule has 0 aliphatic carbocycles. The quantitative estimate of drug-likeness (QED) is 0.710. The zero-order chi connectivity index (χ0) is 19.8. The van der Waals surface area contributed by atoms with Gasteiger partial charge in [-0.25, -0.2) is 0 Å². The van der Waals surface area contributed by atoms with Crippen LogP contribution in [0.2, 0.25) is 0 Å². The van der Waals surface area contributed by atoms with E-state index in [2.05, 4.69) is 4.90 Å². The topological polar surface area (TPSA) is 62.2 Å². The van der Waals surface area contributed by atoms with Gasteiger partial charge in [-0.3, -0.25) is 9.69 Å². The maximum atomic E-state index is 12.9. The summed E-state index contributed by atoms with van der Waals surface area (Å²) in [6.45, 7) is 10.4. The second kappa shape index (κ2) is 10.8. The number of aryl methyl sites for hydroxylation is 1. The molecule has 1 aromatic rings. The van der Waals surface area contributed by atoms with E-state index in [0.29, 0.717) is 45.0 Å². The van der Waals surface area contributed by atoms with Crippen molar-refractivity contribution in [1.29, 1.82) is 0 Å². The highest BCUT2D eigenvalue weighted by molar-refractivity contribution is 5.94. The van der Waals surface area contributed by atoms with E-state index in [1.54, 1.807) is 12.0 Å². The Balaban J connectivity index is 1.99. The average Bonchev–Trinajstić information content (AvgIpc) is 2.65. The highest BCUT2D eigenvalue weighted by Gasteiger charge is 2.27. The molecule has 152 valence electrons. The highest BCUT2D eigenvalue weighted by atomic mass is 16.5. The van der Waals surface area contributed by atoms with Gasteiger partial charge in [-0.2, -0.15) is 0 Å². The predicted octanol–water partition coefficient (Wildman–Crippen LogP) is 1.80. The predicted molar refractivity (Wildman–Crippen MR) is 106 cm³/mol. The Morgan fingerprint density at radius 2 is 2.07 bits per heavy atom. The number of aliphatic hydroxyl groups excluding tert-OH is 1. The second-order valence-electron chi connectivity index (χ2n) is 7.67. The summed E-state index contributed by atoms with van der Waals surface area (Å²) in [5, 5.41) is 10.2. The normalized spacial score (nSPS) is 19.3. The summed E-state index contributed by atoms with van der Waals surface area (Å²) < 4.78 is 11.1. The number of methoxy groups -OCH3 is 1. The summed E-state index contributed by atoms with van der Waals surface area (Å²) in [5.41, 5.74) is 1.81. The number of ether oxygens (including phenoxy) is 2. The van der Waals surface area contributed by atoms with E-state index in [-0.39, 0.29) is 24.0 Å². The van der Waals surface area contributed by atoms with E-state index in [1.807, 2.05) is 45.0 Å². The number of aliphatic hydroxyl groups is 1. The summed E-state index contributed by atoms with van der Waals surface area (Å²) in [6, 6.07) is 7.64. The molecule has 1 amide bonds. The third-order valence-corrected chi connectivity index (χ3v) is 5.01. The molecule has 1 saturated heterocycles. The number of amides is 1. The lowest BCUT2D eigenvalue weighted by Gasteiger charge is -2.37. The number of hydrogen-bond donors (Lipinski definition) is 1. The molecular weight excluding hydrogens is 344 g/mol. The lowest BCUT2D eigenvalue weighted by atomic mass is 10.1. The molecule has 1 aromatic carbocycles. The number of hydrogen-bond acceptors (Lipinski definition) is 5. The van der Waals surface area contributed by atoms with Crippen molar-refractivity contribution < 1.29 is 19.4 Å². The van der Waals surface area contributed by atoms with Crippen LogP contribution in [-0.2, 0) is 9.47 Å².